The third-order valence-electron chi connectivity index (χ3n) is 4.59. The van der Waals surface area contributed by atoms with Crippen LogP contribution in [0.3, 0.4) is 0 Å². The molecule has 3 aromatic rings. The minimum Gasteiger partial charge on any atom is -0.478 e. The van der Waals surface area contributed by atoms with Crippen molar-refractivity contribution in [2.45, 2.75) is 12.0 Å². The summed E-state index contributed by atoms with van der Waals surface area (Å²) >= 11 is 5.92. The van der Waals surface area contributed by atoms with E-state index in [0.29, 0.717) is 27.4 Å². The number of halogens is 1. The molecule has 0 radical (unpaired) electrons. The number of carboxylic acid groups (broad SMARTS) is 1. The first-order valence-electron chi connectivity index (χ1n) is 9.54. The Kier molecular flexibility index (Phi) is 7.27. The van der Waals surface area contributed by atoms with Crippen LogP contribution in [-0.4, -0.2) is 45.4 Å². The highest BCUT2D eigenvalue weighted by Crippen LogP contribution is 2.25. The number of carboxylic acids is 1. The lowest BCUT2D eigenvalue weighted by molar-refractivity contribution is -0.132. The molecule has 31 heavy (non-hydrogen) atoms. The fourth-order valence-electron chi connectivity index (χ4n) is 3.10. The van der Waals surface area contributed by atoms with Gasteiger partial charge in [0.15, 0.2) is 0 Å². The molecule has 0 spiro atoms. The summed E-state index contributed by atoms with van der Waals surface area (Å²) in [7, 11) is 0. The highest BCUT2D eigenvalue weighted by Gasteiger charge is 2.23. The summed E-state index contributed by atoms with van der Waals surface area (Å²) < 4.78 is 0. The monoisotopic (exact) mass is 442 g/mol. The zero-order valence-corrected chi connectivity index (χ0v) is 17.3. The van der Waals surface area contributed by atoms with E-state index in [1.165, 1.54) is 6.07 Å². The van der Waals surface area contributed by atoms with Gasteiger partial charge in [-0.2, -0.15) is 0 Å². The number of benzene rings is 3. The van der Waals surface area contributed by atoms with Crippen LogP contribution in [0.4, 0.5) is 5.69 Å². The van der Waals surface area contributed by atoms with Crippen LogP contribution in [0.2, 0.25) is 5.02 Å². The van der Waals surface area contributed by atoms with Gasteiger partial charge in [0.2, 0.25) is 0 Å². The van der Waals surface area contributed by atoms with Gasteiger partial charge in [0.05, 0.1) is 18.2 Å². The molecule has 7 nitrogen and oxygen atoms in total. The molecule has 0 saturated carbocycles. The zero-order chi connectivity index (χ0) is 22.4. The van der Waals surface area contributed by atoms with Crippen molar-refractivity contribution in [1.29, 1.82) is 0 Å². The highest BCUT2D eigenvalue weighted by atomic mass is 35.5. The van der Waals surface area contributed by atoms with Gasteiger partial charge in [-0.25, -0.2) is 4.79 Å². The number of anilines is 1. The second-order valence-corrected chi connectivity index (χ2v) is 7.55. The fourth-order valence-corrected chi connectivity index (χ4v) is 3.30. The topological polar surface area (TPSA) is 122 Å². The minimum absolute atomic E-state index is 0.0902. The molecule has 0 aromatic heterocycles. The third-order valence-corrected chi connectivity index (χ3v) is 4.83. The van der Waals surface area contributed by atoms with Gasteiger partial charge in [0.25, 0.3) is 5.91 Å². The predicted octanol–water partition coefficient (Wildman–Crippen LogP) is 3.08. The van der Waals surface area contributed by atoms with Crippen molar-refractivity contribution in [3.05, 3.63) is 88.9 Å². The molecule has 0 bridgehead atoms. The third kappa shape index (κ3) is 6.52. The Morgan fingerprint density at radius 3 is 2.35 bits per heavy atom. The summed E-state index contributed by atoms with van der Waals surface area (Å²) in [5.74, 6) is -3.30. The molecule has 0 fully saturated rings. The number of hydrogen-bond acceptors (Lipinski definition) is 6. The lowest BCUT2D eigenvalue weighted by atomic mass is 10.0. The van der Waals surface area contributed by atoms with E-state index in [0.717, 1.165) is 0 Å². The molecule has 0 aliphatic heterocycles. The van der Waals surface area contributed by atoms with Crippen molar-refractivity contribution in [2.24, 2.45) is 0 Å². The summed E-state index contributed by atoms with van der Waals surface area (Å²) in [6.45, 7) is -0.170. The van der Waals surface area contributed by atoms with E-state index in [1.54, 1.807) is 66.7 Å². The zero-order valence-electron chi connectivity index (χ0n) is 16.5. The first kappa shape index (κ1) is 22.7. The molecule has 0 saturated heterocycles. The molecular weight excluding hydrogens is 420 g/mol. The van der Waals surface area contributed by atoms with Gasteiger partial charge in [-0.1, -0.05) is 48.0 Å². The Labute approximate surface area is 184 Å². The van der Waals surface area contributed by atoms with E-state index in [-0.39, 0.29) is 18.7 Å². The van der Waals surface area contributed by atoms with Gasteiger partial charge in [-0.05, 0) is 53.1 Å². The van der Waals surface area contributed by atoms with Crippen LogP contribution in [0.25, 0.3) is 11.1 Å². The molecule has 0 aliphatic carbocycles. The van der Waals surface area contributed by atoms with E-state index >= 15 is 0 Å². The number of nitrogens with one attached hydrogen (secondary N) is 2. The first-order chi connectivity index (χ1) is 14.7. The van der Waals surface area contributed by atoms with Crippen LogP contribution in [0.1, 0.15) is 22.0 Å². The lowest BCUT2D eigenvalue weighted by Gasteiger charge is -2.25. The van der Waals surface area contributed by atoms with Crippen molar-refractivity contribution in [1.82, 2.24) is 5.32 Å². The average molecular weight is 443 g/mol. The summed E-state index contributed by atoms with van der Waals surface area (Å²) in [4.78, 5) is 11.2. The number of carbonyl (C=O) groups is 1. The summed E-state index contributed by atoms with van der Waals surface area (Å²) in [5, 5.41) is 45.9. The van der Waals surface area contributed by atoms with E-state index in [9.17, 15) is 20.1 Å². The number of aliphatic hydroxyl groups is 3. The van der Waals surface area contributed by atoms with Crippen molar-refractivity contribution in [2.75, 3.05) is 18.4 Å². The molecule has 3 rings (SSSR count). The molecule has 8 heteroatoms. The maximum absolute atomic E-state index is 11.2. The Hall–Kier alpha value is -2.94. The molecule has 3 aromatic carbocycles. The minimum atomic E-state index is -2.28. The van der Waals surface area contributed by atoms with Gasteiger partial charge in [0, 0.05) is 17.3 Å². The number of aliphatic hydroxyl groups excluding tert-OH is 1. The molecular formula is C23H23ClN2O5. The van der Waals surface area contributed by atoms with Crippen molar-refractivity contribution in [3.63, 3.8) is 0 Å². The van der Waals surface area contributed by atoms with E-state index in [1.807, 2.05) is 0 Å². The van der Waals surface area contributed by atoms with Gasteiger partial charge < -0.3 is 31.1 Å². The van der Waals surface area contributed by atoms with Gasteiger partial charge >= 0.3 is 5.97 Å². The van der Waals surface area contributed by atoms with E-state index in [4.69, 9.17) is 16.7 Å². The van der Waals surface area contributed by atoms with E-state index < -0.39 is 18.0 Å². The number of hydrogen-bond donors (Lipinski definition) is 6. The van der Waals surface area contributed by atoms with Gasteiger partial charge in [-0.15, -0.1) is 0 Å². The smallest absolute Gasteiger partial charge is 0.335 e. The van der Waals surface area contributed by atoms with Crippen LogP contribution in [0.5, 0.6) is 0 Å². The number of rotatable bonds is 9. The van der Waals surface area contributed by atoms with Gasteiger partial charge in [-0.3, -0.25) is 0 Å². The molecule has 1 atom stereocenters. The van der Waals surface area contributed by atoms with Crippen LogP contribution in [0.15, 0.2) is 72.8 Å². The van der Waals surface area contributed by atoms with Gasteiger partial charge in [0.1, 0.15) is 0 Å². The lowest BCUT2D eigenvalue weighted by Crippen LogP contribution is -2.48. The van der Waals surface area contributed by atoms with Crippen LogP contribution in [-0.2, 0) is 0 Å². The van der Waals surface area contributed by atoms with Crippen LogP contribution >= 0.6 is 11.6 Å². The SMILES string of the molecule is O=C(O)c1cccc(-c2cccc(NC(O)(O)CNCC(O)c3cccc(Cl)c3)c2)c1. The van der Waals surface area contributed by atoms with Crippen molar-refractivity contribution >= 4 is 23.3 Å². The molecule has 6 N–H and O–H groups in total. The Bertz CT molecular complexity index is 1060. The Morgan fingerprint density at radius 1 is 0.968 bits per heavy atom. The molecule has 0 aliphatic rings. The quantitative estimate of drug-likeness (QED) is 0.281. The Morgan fingerprint density at radius 2 is 1.65 bits per heavy atom. The number of aromatic carboxylic acids is 1. The highest BCUT2D eigenvalue weighted by molar-refractivity contribution is 6.30. The average Bonchev–Trinajstić information content (AvgIpc) is 2.73. The summed E-state index contributed by atoms with van der Waals surface area (Å²) in [5.41, 5.74) is 2.61. The molecule has 1 unspecified atom stereocenters. The van der Waals surface area contributed by atoms with Crippen LogP contribution < -0.4 is 10.6 Å². The second-order valence-electron chi connectivity index (χ2n) is 7.11. The molecule has 162 valence electrons. The molecule has 0 amide bonds. The molecule has 0 heterocycles. The predicted molar refractivity (Wildman–Crippen MR) is 119 cm³/mol. The largest absolute Gasteiger partial charge is 0.478 e. The normalized spacial score (nSPS) is 12.4. The first-order valence-corrected chi connectivity index (χ1v) is 9.92. The van der Waals surface area contributed by atoms with Crippen molar-refractivity contribution in [3.8, 4) is 11.1 Å². The van der Waals surface area contributed by atoms with Crippen LogP contribution in [0, 0.1) is 0 Å². The maximum atomic E-state index is 11.2. The second kappa shape index (κ2) is 9.91. The summed E-state index contributed by atoms with van der Waals surface area (Å²) in [6.07, 6.45) is -0.862. The standard InChI is InChI=1S/C23H23ClN2O5/c24-19-8-2-6-17(11-19)21(27)13-25-14-23(30,31)26-20-9-3-5-16(12-20)15-4-1-7-18(10-15)22(28)29/h1-12,21,25-27,30-31H,13-14H2,(H,28,29). The summed E-state index contributed by atoms with van der Waals surface area (Å²) in [6, 6.07) is 20.1. The van der Waals surface area contributed by atoms with E-state index in [2.05, 4.69) is 10.6 Å². The Balaban J connectivity index is 1.61. The van der Waals surface area contributed by atoms with Crippen molar-refractivity contribution < 1.29 is 25.2 Å². The maximum Gasteiger partial charge on any atom is 0.335 e. The fraction of sp³-hybridized carbons (Fsp3) is 0.174.